The van der Waals surface area contributed by atoms with Gasteiger partial charge < -0.3 is 9.84 Å². The Hall–Kier alpha value is -1.88. The Morgan fingerprint density at radius 2 is 2.16 bits per heavy atom. The number of carbonyl (C=O) groups is 1. The van der Waals surface area contributed by atoms with Gasteiger partial charge in [-0.2, -0.15) is 0 Å². The normalized spacial score (nSPS) is 22.1. The number of nitrogens with zero attached hydrogens (tertiary/aromatic N) is 1. The first-order valence-corrected chi connectivity index (χ1v) is 8.88. The molecule has 25 heavy (non-hydrogen) atoms. The number of rotatable bonds is 6. The summed E-state index contributed by atoms with van der Waals surface area (Å²) in [7, 11) is 0. The van der Waals surface area contributed by atoms with Gasteiger partial charge in [0.05, 0.1) is 6.61 Å². The van der Waals surface area contributed by atoms with Crippen molar-refractivity contribution >= 4 is 12.0 Å². The second kappa shape index (κ2) is 6.79. The molecule has 1 aromatic rings. The van der Waals surface area contributed by atoms with E-state index in [-0.39, 0.29) is 13.1 Å². The monoisotopic (exact) mass is 347 g/mol. The van der Waals surface area contributed by atoms with E-state index in [4.69, 9.17) is 9.84 Å². The average molecular weight is 347 g/mol. The molecule has 136 valence electrons. The smallest absolute Gasteiger partial charge is 0.344 e. The highest BCUT2D eigenvalue weighted by atomic mass is 19.1. The fourth-order valence-corrected chi connectivity index (χ4v) is 3.42. The quantitative estimate of drug-likeness (QED) is 0.857. The van der Waals surface area contributed by atoms with Crippen molar-refractivity contribution in [2.45, 2.75) is 32.9 Å². The number of fused-ring (bicyclic) bond motifs is 1. The summed E-state index contributed by atoms with van der Waals surface area (Å²) < 4.78 is 19.7. The number of hydrogen-bond acceptors (Lipinski definition) is 3. The van der Waals surface area contributed by atoms with Crippen molar-refractivity contribution in [1.82, 2.24) is 4.90 Å². The molecule has 4 nitrogen and oxygen atoms in total. The van der Waals surface area contributed by atoms with Crippen LogP contribution in [0.1, 0.15) is 31.9 Å². The Labute approximate surface area is 148 Å². The molecule has 1 fully saturated rings. The summed E-state index contributed by atoms with van der Waals surface area (Å²) in [6.07, 6.45) is 3.09. The maximum Gasteiger partial charge on any atom is 0.344 e. The van der Waals surface area contributed by atoms with Crippen LogP contribution < -0.4 is 4.74 Å². The number of carboxylic acids is 1. The maximum atomic E-state index is 13.9. The fourth-order valence-electron chi connectivity index (χ4n) is 3.42. The lowest BCUT2D eigenvalue weighted by Gasteiger charge is -2.42. The molecule has 1 aliphatic carbocycles. The van der Waals surface area contributed by atoms with Crippen molar-refractivity contribution in [1.29, 1.82) is 0 Å². The third-order valence-corrected chi connectivity index (χ3v) is 4.94. The number of hydrogen-bond donors (Lipinski definition) is 1. The van der Waals surface area contributed by atoms with Crippen molar-refractivity contribution < 1.29 is 19.0 Å². The third-order valence-electron chi connectivity index (χ3n) is 4.94. The molecule has 1 atom stereocenters. The molecule has 0 bridgehead atoms. The first kappa shape index (κ1) is 17.9. The highest BCUT2D eigenvalue weighted by molar-refractivity contribution is 5.79. The van der Waals surface area contributed by atoms with E-state index in [1.165, 1.54) is 16.7 Å². The van der Waals surface area contributed by atoms with Crippen LogP contribution in [0.25, 0.3) is 6.08 Å². The van der Waals surface area contributed by atoms with E-state index in [0.29, 0.717) is 25.0 Å². The Kier molecular flexibility index (Phi) is 4.87. The number of alkyl halides is 1. The van der Waals surface area contributed by atoms with Crippen LogP contribution in [0.15, 0.2) is 23.8 Å². The van der Waals surface area contributed by atoms with E-state index in [1.54, 1.807) is 0 Å². The molecule has 0 saturated carbocycles. The zero-order valence-electron chi connectivity index (χ0n) is 15.1. The van der Waals surface area contributed by atoms with Crippen LogP contribution in [0.3, 0.4) is 0 Å². The van der Waals surface area contributed by atoms with Crippen LogP contribution in [0.5, 0.6) is 5.75 Å². The summed E-state index contributed by atoms with van der Waals surface area (Å²) in [6, 6.07) is 6.18. The average Bonchev–Trinajstić information content (AvgIpc) is 2.51. The summed E-state index contributed by atoms with van der Waals surface area (Å²) in [4.78, 5) is 12.7. The number of carboxylic acid groups (broad SMARTS) is 1. The van der Waals surface area contributed by atoms with E-state index >= 15 is 0 Å². The van der Waals surface area contributed by atoms with Gasteiger partial charge in [0, 0.05) is 19.6 Å². The number of halogens is 1. The van der Waals surface area contributed by atoms with Gasteiger partial charge in [-0.15, -0.1) is 0 Å². The minimum Gasteiger partial charge on any atom is -0.493 e. The van der Waals surface area contributed by atoms with E-state index in [9.17, 15) is 9.18 Å². The lowest BCUT2D eigenvalue weighted by Crippen LogP contribution is -2.63. The van der Waals surface area contributed by atoms with Crippen LogP contribution in [-0.2, 0) is 11.2 Å². The predicted octanol–water partition coefficient (Wildman–Crippen LogP) is 3.41. The van der Waals surface area contributed by atoms with Gasteiger partial charge in [-0.25, -0.2) is 9.18 Å². The van der Waals surface area contributed by atoms with Gasteiger partial charge in [-0.05, 0) is 41.5 Å². The molecule has 0 spiro atoms. The van der Waals surface area contributed by atoms with E-state index in [2.05, 4.69) is 39.0 Å². The van der Waals surface area contributed by atoms with E-state index in [0.717, 1.165) is 12.2 Å². The molecule has 0 unspecified atom stereocenters. The summed E-state index contributed by atoms with van der Waals surface area (Å²) in [5.74, 6) is 0.398. The minimum atomic E-state index is -2.07. The van der Waals surface area contributed by atoms with Gasteiger partial charge >= 0.3 is 5.97 Å². The van der Waals surface area contributed by atoms with Gasteiger partial charge in [-0.1, -0.05) is 38.5 Å². The molecule has 1 saturated heterocycles. The highest BCUT2D eigenvalue weighted by Crippen LogP contribution is 2.34. The minimum absolute atomic E-state index is 0.0266. The molecule has 0 radical (unpaired) electrons. The summed E-state index contributed by atoms with van der Waals surface area (Å²) in [6.45, 7) is 7.70. The Bertz CT molecular complexity index is 692. The van der Waals surface area contributed by atoms with Crippen molar-refractivity contribution in [2.75, 3.05) is 26.2 Å². The number of benzene rings is 1. The van der Waals surface area contributed by atoms with E-state index < -0.39 is 11.6 Å². The van der Waals surface area contributed by atoms with Gasteiger partial charge in [0.2, 0.25) is 5.67 Å². The molecule has 0 amide bonds. The van der Waals surface area contributed by atoms with Crippen molar-refractivity contribution in [3.63, 3.8) is 0 Å². The molecule has 1 heterocycles. The number of likely N-dealkylation sites (tertiary alicyclic amines) is 1. The molecule has 3 rings (SSSR count). The Balaban J connectivity index is 1.67. The Morgan fingerprint density at radius 3 is 2.80 bits per heavy atom. The van der Waals surface area contributed by atoms with E-state index in [1.807, 2.05) is 11.0 Å². The largest absolute Gasteiger partial charge is 0.493 e. The highest BCUT2D eigenvalue weighted by Gasteiger charge is 2.50. The lowest BCUT2D eigenvalue weighted by atomic mass is 9.83. The zero-order valence-corrected chi connectivity index (χ0v) is 15.1. The Morgan fingerprint density at radius 1 is 1.44 bits per heavy atom. The summed E-state index contributed by atoms with van der Waals surface area (Å²) in [5, 5.41) is 8.87. The molecule has 1 aliphatic heterocycles. The van der Waals surface area contributed by atoms with Crippen LogP contribution in [0.4, 0.5) is 4.39 Å². The van der Waals surface area contributed by atoms with Gasteiger partial charge in [0.25, 0.3) is 0 Å². The second-order valence-corrected chi connectivity index (χ2v) is 7.81. The van der Waals surface area contributed by atoms with Crippen LogP contribution in [0.2, 0.25) is 0 Å². The molecule has 2 aliphatic rings. The zero-order chi connectivity index (χ0) is 18.2. The summed E-state index contributed by atoms with van der Waals surface area (Å²) in [5.41, 5.74) is 1.61. The standard InChI is InChI=1S/C20H26FNO3/c1-13(2)10-25-18-5-4-15-7-17(14(3)6-16(15)8-18)9-22-11-20(21,12-22)19(23)24/h4-5,7-8,13-14H,6,9-12H2,1-3H3,(H,23,24)/t14-/m0/s1. The van der Waals surface area contributed by atoms with Gasteiger partial charge in [-0.3, -0.25) is 4.90 Å². The summed E-state index contributed by atoms with van der Waals surface area (Å²) >= 11 is 0. The SMILES string of the molecule is CC(C)COc1ccc2c(c1)C[C@H](C)C(CN1CC(F)(C(=O)O)C1)=C2. The second-order valence-electron chi connectivity index (χ2n) is 7.81. The predicted molar refractivity (Wildman–Crippen MR) is 95.5 cm³/mol. The van der Waals surface area contributed by atoms with Crippen LogP contribution in [-0.4, -0.2) is 47.9 Å². The first-order valence-electron chi connectivity index (χ1n) is 8.88. The molecule has 0 aromatic heterocycles. The van der Waals surface area contributed by atoms with Gasteiger partial charge in [0.1, 0.15) is 5.75 Å². The van der Waals surface area contributed by atoms with Crippen molar-refractivity contribution in [3.8, 4) is 5.75 Å². The number of ether oxygens (including phenoxy) is 1. The van der Waals surface area contributed by atoms with Crippen molar-refractivity contribution in [3.05, 3.63) is 34.9 Å². The van der Waals surface area contributed by atoms with Gasteiger partial charge in [0.15, 0.2) is 0 Å². The first-order chi connectivity index (χ1) is 11.8. The third kappa shape index (κ3) is 3.87. The van der Waals surface area contributed by atoms with Crippen LogP contribution >= 0.6 is 0 Å². The molecular weight excluding hydrogens is 321 g/mol. The molecule has 1 aromatic carbocycles. The fraction of sp³-hybridized carbons (Fsp3) is 0.550. The maximum absolute atomic E-state index is 13.9. The topological polar surface area (TPSA) is 49.8 Å². The molecular formula is C20H26FNO3. The lowest BCUT2D eigenvalue weighted by molar-refractivity contribution is -0.163. The molecule has 5 heteroatoms. The number of aliphatic carboxylic acids is 1. The van der Waals surface area contributed by atoms with Crippen molar-refractivity contribution in [2.24, 2.45) is 11.8 Å². The van der Waals surface area contributed by atoms with Crippen LogP contribution in [0, 0.1) is 11.8 Å². The molecule has 1 N–H and O–H groups in total.